The summed E-state index contributed by atoms with van der Waals surface area (Å²) in [6.07, 6.45) is -0.157. The van der Waals surface area contributed by atoms with Crippen LogP contribution >= 0.6 is 0 Å². The molecule has 0 unspecified atom stereocenters. The Balaban J connectivity index is 2.71. The SMILES string of the molecule is CCOC(=O)CCS(=O)(=O)N(C)c1ccc(N)cc1. The molecule has 2 N–H and O–H groups in total. The second-order valence-electron chi connectivity index (χ2n) is 3.93. The summed E-state index contributed by atoms with van der Waals surface area (Å²) in [5.41, 5.74) is 6.59. The molecule has 0 saturated carbocycles. The van der Waals surface area contributed by atoms with E-state index in [1.54, 1.807) is 31.2 Å². The third-order valence-corrected chi connectivity index (χ3v) is 4.31. The van der Waals surface area contributed by atoms with Crippen molar-refractivity contribution in [3.8, 4) is 0 Å². The Morgan fingerprint density at radius 2 is 1.89 bits per heavy atom. The van der Waals surface area contributed by atoms with Gasteiger partial charge in [-0.3, -0.25) is 9.10 Å². The number of benzene rings is 1. The molecule has 0 aliphatic heterocycles. The first-order valence-electron chi connectivity index (χ1n) is 5.84. The van der Waals surface area contributed by atoms with Crippen LogP contribution < -0.4 is 10.0 Å². The largest absolute Gasteiger partial charge is 0.466 e. The van der Waals surface area contributed by atoms with Crippen LogP contribution in [-0.2, 0) is 19.6 Å². The second kappa shape index (κ2) is 6.42. The molecule has 6 nitrogen and oxygen atoms in total. The molecule has 0 bridgehead atoms. The van der Waals surface area contributed by atoms with E-state index in [9.17, 15) is 13.2 Å². The molecule has 0 heterocycles. The lowest BCUT2D eigenvalue weighted by atomic mass is 10.3. The number of anilines is 2. The molecule has 0 atom stereocenters. The van der Waals surface area contributed by atoms with Gasteiger partial charge in [-0.15, -0.1) is 0 Å². The minimum absolute atomic E-state index is 0.157. The molecule has 0 amide bonds. The highest BCUT2D eigenvalue weighted by Gasteiger charge is 2.20. The normalized spacial score (nSPS) is 11.1. The van der Waals surface area contributed by atoms with Gasteiger partial charge in [-0.1, -0.05) is 0 Å². The summed E-state index contributed by atoms with van der Waals surface area (Å²) in [7, 11) is -2.11. The zero-order chi connectivity index (χ0) is 14.5. The Kier molecular flexibility index (Phi) is 5.17. The highest BCUT2D eigenvalue weighted by Crippen LogP contribution is 2.18. The highest BCUT2D eigenvalue weighted by atomic mass is 32.2. The Hall–Kier alpha value is -1.76. The van der Waals surface area contributed by atoms with E-state index in [2.05, 4.69) is 0 Å². The number of carbonyl (C=O) groups excluding carboxylic acids is 1. The molecule has 0 aliphatic carbocycles. The number of nitrogens with zero attached hydrogens (tertiary/aromatic N) is 1. The van der Waals surface area contributed by atoms with E-state index in [0.29, 0.717) is 11.4 Å². The predicted molar refractivity (Wildman–Crippen MR) is 74.3 cm³/mol. The topological polar surface area (TPSA) is 89.7 Å². The number of ether oxygens (including phenoxy) is 1. The fraction of sp³-hybridized carbons (Fsp3) is 0.417. The van der Waals surface area contributed by atoms with E-state index in [4.69, 9.17) is 10.5 Å². The van der Waals surface area contributed by atoms with Gasteiger partial charge in [0.1, 0.15) is 0 Å². The van der Waals surface area contributed by atoms with Gasteiger partial charge in [0, 0.05) is 12.7 Å². The van der Waals surface area contributed by atoms with Crippen LogP contribution in [0.4, 0.5) is 11.4 Å². The third kappa shape index (κ3) is 4.44. The number of carbonyl (C=O) groups is 1. The van der Waals surface area contributed by atoms with E-state index in [1.807, 2.05) is 0 Å². The summed E-state index contributed by atoms with van der Waals surface area (Å²) in [6.45, 7) is 1.92. The van der Waals surface area contributed by atoms with Crippen molar-refractivity contribution in [2.24, 2.45) is 0 Å². The first-order chi connectivity index (χ1) is 8.86. The van der Waals surface area contributed by atoms with E-state index in [0.717, 1.165) is 4.31 Å². The number of esters is 1. The molecule has 1 aromatic rings. The van der Waals surface area contributed by atoms with Crippen molar-refractivity contribution in [1.82, 2.24) is 0 Å². The predicted octanol–water partition coefficient (Wildman–Crippen LogP) is 0.988. The maximum absolute atomic E-state index is 12.0. The highest BCUT2D eigenvalue weighted by molar-refractivity contribution is 7.92. The Morgan fingerprint density at radius 3 is 2.42 bits per heavy atom. The summed E-state index contributed by atoms with van der Waals surface area (Å²) >= 11 is 0. The van der Waals surface area contributed by atoms with Crippen LogP contribution in [0.15, 0.2) is 24.3 Å². The van der Waals surface area contributed by atoms with Gasteiger partial charge in [-0.05, 0) is 31.2 Å². The zero-order valence-electron chi connectivity index (χ0n) is 11.0. The second-order valence-corrected chi connectivity index (χ2v) is 6.05. The summed E-state index contributed by atoms with van der Waals surface area (Å²) in [6, 6.07) is 6.45. The summed E-state index contributed by atoms with van der Waals surface area (Å²) in [5.74, 6) is -0.802. The van der Waals surface area contributed by atoms with Crippen LogP contribution in [-0.4, -0.2) is 33.8 Å². The maximum Gasteiger partial charge on any atom is 0.306 e. The lowest BCUT2D eigenvalue weighted by molar-refractivity contribution is -0.142. The molecular formula is C12H18N2O4S. The van der Waals surface area contributed by atoms with Gasteiger partial charge in [0.05, 0.1) is 24.5 Å². The minimum atomic E-state index is -3.55. The Morgan fingerprint density at radius 1 is 1.32 bits per heavy atom. The molecule has 0 saturated heterocycles. The number of rotatable bonds is 6. The molecular weight excluding hydrogens is 268 g/mol. The third-order valence-electron chi connectivity index (χ3n) is 2.54. The van der Waals surface area contributed by atoms with Crippen molar-refractivity contribution < 1.29 is 17.9 Å². The summed E-state index contributed by atoms with van der Waals surface area (Å²) < 4.78 is 29.9. The molecule has 0 aliphatic rings. The Bertz CT molecular complexity index is 525. The summed E-state index contributed by atoms with van der Waals surface area (Å²) in [5, 5.41) is 0. The van der Waals surface area contributed by atoms with Crippen LogP contribution in [0.2, 0.25) is 0 Å². The maximum atomic E-state index is 12.0. The van der Waals surface area contributed by atoms with E-state index < -0.39 is 16.0 Å². The molecule has 0 radical (unpaired) electrons. The first-order valence-corrected chi connectivity index (χ1v) is 7.45. The standard InChI is InChI=1S/C12H18N2O4S/c1-3-18-12(15)8-9-19(16,17)14(2)11-6-4-10(13)5-7-11/h4-7H,3,8-9,13H2,1-2H3. The molecule has 1 aromatic carbocycles. The van der Waals surface area contributed by atoms with Crippen LogP contribution in [0.3, 0.4) is 0 Å². The van der Waals surface area contributed by atoms with Gasteiger partial charge in [-0.25, -0.2) is 8.42 Å². The molecule has 0 spiro atoms. The number of nitrogen functional groups attached to an aromatic ring is 1. The van der Waals surface area contributed by atoms with Crippen LogP contribution in [0.5, 0.6) is 0 Å². The summed E-state index contributed by atoms with van der Waals surface area (Å²) in [4.78, 5) is 11.2. The minimum Gasteiger partial charge on any atom is -0.466 e. The van der Waals surface area contributed by atoms with Crippen molar-refractivity contribution in [2.45, 2.75) is 13.3 Å². The van der Waals surface area contributed by atoms with Crippen LogP contribution in [0.1, 0.15) is 13.3 Å². The number of nitrogens with two attached hydrogens (primary N) is 1. The van der Waals surface area contributed by atoms with Gasteiger partial charge < -0.3 is 10.5 Å². The van der Waals surface area contributed by atoms with E-state index in [1.165, 1.54) is 7.05 Å². The smallest absolute Gasteiger partial charge is 0.306 e. The van der Waals surface area contributed by atoms with Gasteiger partial charge in [0.15, 0.2) is 0 Å². The average molecular weight is 286 g/mol. The van der Waals surface area contributed by atoms with Gasteiger partial charge in [0.2, 0.25) is 10.0 Å². The lowest BCUT2D eigenvalue weighted by Crippen LogP contribution is -2.30. The van der Waals surface area contributed by atoms with E-state index >= 15 is 0 Å². The zero-order valence-corrected chi connectivity index (χ0v) is 11.8. The van der Waals surface area contributed by atoms with Crippen LogP contribution in [0.25, 0.3) is 0 Å². The molecule has 0 aromatic heterocycles. The molecule has 19 heavy (non-hydrogen) atoms. The number of hydrogen-bond donors (Lipinski definition) is 1. The Labute approximate surface area is 113 Å². The van der Waals surface area contributed by atoms with Crippen molar-refractivity contribution in [3.63, 3.8) is 0 Å². The fourth-order valence-corrected chi connectivity index (χ4v) is 2.57. The van der Waals surface area contributed by atoms with Crippen molar-refractivity contribution in [2.75, 3.05) is 29.4 Å². The van der Waals surface area contributed by atoms with E-state index in [-0.39, 0.29) is 18.8 Å². The fourth-order valence-electron chi connectivity index (χ4n) is 1.43. The van der Waals surface area contributed by atoms with Crippen LogP contribution in [0, 0.1) is 0 Å². The van der Waals surface area contributed by atoms with Gasteiger partial charge in [-0.2, -0.15) is 0 Å². The number of hydrogen-bond acceptors (Lipinski definition) is 5. The molecule has 0 fully saturated rings. The van der Waals surface area contributed by atoms with Gasteiger partial charge >= 0.3 is 5.97 Å². The van der Waals surface area contributed by atoms with Crippen molar-refractivity contribution in [3.05, 3.63) is 24.3 Å². The van der Waals surface area contributed by atoms with Crippen molar-refractivity contribution >= 4 is 27.4 Å². The first kappa shape index (κ1) is 15.3. The van der Waals surface area contributed by atoms with Gasteiger partial charge in [0.25, 0.3) is 0 Å². The quantitative estimate of drug-likeness (QED) is 0.622. The number of sulfonamides is 1. The molecule has 7 heteroatoms. The monoisotopic (exact) mass is 286 g/mol. The molecule has 106 valence electrons. The average Bonchev–Trinajstić information content (AvgIpc) is 2.37. The lowest BCUT2D eigenvalue weighted by Gasteiger charge is -2.19. The molecule has 1 rings (SSSR count). The van der Waals surface area contributed by atoms with Crippen molar-refractivity contribution in [1.29, 1.82) is 0 Å².